The zero-order valence-electron chi connectivity index (χ0n) is 16.2. The molecule has 0 amide bonds. The molecular formula is C21H19N5O2S. The standard InChI is InChI=1S/C21H19N5O2S/c1-13(19-12-15-6-4-5-7-18(15)28-19)23-26-21-22-14(2)20(29-21)25-24-16-8-10-17(27-3)11-9-16/h4-12H,1-3H3,(H,22,26)/b23-13+,25-24?. The number of para-hydroxylation sites is 1. The summed E-state index contributed by atoms with van der Waals surface area (Å²) in [7, 11) is 1.63. The largest absolute Gasteiger partial charge is 0.497 e. The number of rotatable bonds is 6. The minimum Gasteiger partial charge on any atom is -0.497 e. The molecule has 146 valence electrons. The van der Waals surface area contributed by atoms with Gasteiger partial charge in [-0.25, -0.2) is 4.98 Å². The second-order valence-electron chi connectivity index (χ2n) is 6.27. The number of aryl methyl sites for hydroxylation is 1. The van der Waals surface area contributed by atoms with Crippen LogP contribution in [-0.2, 0) is 0 Å². The highest BCUT2D eigenvalue weighted by atomic mass is 32.1. The molecule has 1 N–H and O–H groups in total. The number of thiazole rings is 1. The number of azo groups is 1. The van der Waals surface area contributed by atoms with Crippen molar-refractivity contribution in [2.24, 2.45) is 15.3 Å². The molecule has 0 radical (unpaired) electrons. The number of anilines is 1. The molecular weight excluding hydrogens is 386 g/mol. The minimum absolute atomic E-state index is 0.640. The smallest absolute Gasteiger partial charge is 0.205 e. The number of aromatic nitrogens is 1. The van der Waals surface area contributed by atoms with Crippen molar-refractivity contribution >= 4 is 43.8 Å². The molecule has 0 fully saturated rings. The third kappa shape index (κ3) is 4.33. The van der Waals surface area contributed by atoms with E-state index in [1.165, 1.54) is 11.3 Å². The summed E-state index contributed by atoms with van der Waals surface area (Å²) in [6.45, 7) is 3.77. The van der Waals surface area contributed by atoms with Gasteiger partial charge in [-0.1, -0.05) is 29.5 Å². The molecule has 0 aliphatic heterocycles. The van der Waals surface area contributed by atoms with Crippen molar-refractivity contribution in [1.82, 2.24) is 4.98 Å². The van der Waals surface area contributed by atoms with Crippen molar-refractivity contribution in [3.05, 3.63) is 66.1 Å². The summed E-state index contributed by atoms with van der Waals surface area (Å²) in [4.78, 5) is 4.45. The number of hydrogen-bond donors (Lipinski definition) is 1. The third-order valence-electron chi connectivity index (χ3n) is 4.20. The maximum Gasteiger partial charge on any atom is 0.205 e. The van der Waals surface area contributed by atoms with E-state index in [-0.39, 0.29) is 0 Å². The average Bonchev–Trinajstić information content (AvgIpc) is 3.34. The number of furan rings is 1. The number of hydrazone groups is 1. The van der Waals surface area contributed by atoms with Crippen molar-refractivity contribution in [3.63, 3.8) is 0 Å². The van der Waals surface area contributed by atoms with Crippen molar-refractivity contribution in [1.29, 1.82) is 0 Å². The van der Waals surface area contributed by atoms with Crippen LogP contribution in [0, 0.1) is 6.92 Å². The molecule has 0 spiro atoms. The Bertz CT molecular complexity index is 1160. The summed E-state index contributed by atoms with van der Waals surface area (Å²) in [6.07, 6.45) is 0. The van der Waals surface area contributed by atoms with Gasteiger partial charge in [0.25, 0.3) is 0 Å². The predicted molar refractivity (Wildman–Crippen MR) is 116 cm³/mol. The lowest BCUT2D eigenvalue weighted by Gasteiger charge is -1.97. The van der Waals surface area contributed by atoms with Crippen molar-refractivity contribution in [3.8, 4) is 5.75 Å². The van der Waals surface area contributed by atoms with Gasteiger partial charge < -0.3 is 9.15 Å². The predicted octanol–water partition coefficient (Wildman–Crippen LogP) is 6.46. The van der Waals surface area contributed by atoms with Crippen LogP contribution < -0.4 is 10.2 Å². The zero-order valence-corrected chi connectivity index (χ0v) is 17.0. The van der Waals surface area contributed by atoms with E-state index in [1.54, 1.807) is 7.11 Å². The molecule has 0 saturated heterocycles. The normalized spacial score (nSPS) is 12.0. The number of nitrogens with zero attached hydrogens (tertiary/aromatic N) is 4. The van der Waals surface area contributed by atoms with Gasteiger partial charge in [0.15, 0.2) is 10.8 Å². The van der Waals surface area contributed by atoms with Crippen LogP contribution >= 0.6 is 11.3 Å². The minimum atomic E-state index is 0.640. The topological polar surface area (TPSA) is 84.4 Å². The summed E-state index contributed by atoms with van der Waals surface area (Å²) < 4.78 is 11.0. The Morgan fingerprint density at radius 2 is 1.90 bits per heavy atom. The first kappa shape index (κ1) is 18.8. The van der Waals surface area contributed by atoms with Crippen LogP contribution in [-0.4, -0.2) is 17.8 Å². The summed E-state index contributed by atoms with van der Waals surface area (Å²) in [5.74, 6) is 1.49. The SMILES string of the molecule is COc1ccc(N=Nc2sc(N/N=C(\C)c3cc4ccccc4o3)nc2C)cc1. The average molecular weight is 405 g/mol. The van der Waals surface area contributed by atoms with Gasteiger partial charge in [-0.3, -0.25) is 5.43 Å². The van der Waals surface area contributed by atoms with Crippen molar-refractivity contribution < 1.29 is 9.15 Å². The first-order valence-electron chi connectivity index (χ1n) is 8.95. The van der Waals surface area contributed by atoms with E-state index < -0.39 is 0 Å². The number of methoxy groups -OCH3 is 1. The number of ether oxygens (including phenoxy) is 1. The second kappa shape index (κ2) is 8.24. The lowest BCUT2D eigenvalue weighted by molar-refractivity contribution is 0.415. The molecule has 0 saturated carbocycles. The van der Waals surface area contributed by atoms with E-state index >= 15 is 0 Å². The van der Waals surface area contributed by atoms with Crippen LogP contribution in [0.25, 0.3) is 11.0 Å². The molecule has 0 aliphatic rings. The fourth-order valence-corrected chi connectivity index (χ4v) is 3.36. The van der Waals surface area contributed by atoms with Crippen molar-refractivity contribution in [2.45, 2.75) is 13.8 Å². The molecule has 2 heterocycles. The summed E-state index contributed by atoms with van der Waals surface area (Å²) >= 11 is 1.38. The molecule has 2 aromatic carbocycles. The van der Waals surface area contributed by atoms with E-state index in [1.807, 2.05) is 68.4 Å². The second-order valence-corrected chi connectivity index (χ2v) is 7.24. The van der Waals surface area contributed by atoms with Crippen LogP contribution in [0.5, 0.6) is 5.75 Å². The maximum atomic E-state index is 5.82. The Hall–Kier alpha value is -3.52. The first-order chi connectivity index (χ1) is 14.1. The maximum absolute atomic E-state index is 5.82. The van der Waals surface area contributed by atoms with Crippen LogP contribution in [0.15, 0.2) is 74.3 Å². The van der Waals surface area contributed by atoms with Crippen LogP contribution in [0.1, 0.15) is 18.4 Å². The molecule has 7 nitrogen and oxygen atoms in total. The van der Waals surface area contributed by atoms with E-state index in [2.05, 4.69) is 25.7 Å². The van der Waals surface area contributed by atoms with Gasteiger partial charge in [0.1, 0.15) is 17.0 Å². The molecule has 29 heavy (non-hydrogen) atoms. The fraction of sp³-hybridized carbons (Fsp3) is 0.143. The summed E-state index contributed by atoms with van der Waals surface area (Å²) in [6, 6.07) is 17.2. The lowest BCUT2D eigenvalue weighted by atomic mass is 10.2. The monoisotopic (exact) mass is 405 g/mol. The highest BCUT2D eigenvalue weighted by molar-refractivity contribution is 7.19. The van der Waals surface area contributed by atoms with Crippen LogP contribution in [0.4, 0.5) is 15.8 Å². The van der Waals surface area contributed by atoms with Gasteiger partial charge in [-0.15, -0.1) is 10.2 Å². The van der Waals surface area contributed by atoms with Gasteiger partial charge in [0.05, 0.1) is 18.5 Å². The van der Waals surface area contributed by atoms with Gasteiger partial charge >= 0.3 is 0 Å². The molecule has 8 heteroatoms. The molecule has 4 rings (SSSR count). The number of nitrogens with one attached hydrogen (secondary N) is 1. The van der Waals surface area contributed by atoms with Gasteiger partial charge in [0, 0.05) is 5.39 Å². The molecule has 0 bridgehead atoms. The van der Waals surface area contributed by atoms with E-state index in [9.17, 15) is 0 Å². The van der Waals surface area contributed by atoms with Gasteiger partial charge in [0.2, 0.25) is 5.13 Å². The van der Waals surface area contributed by atoms with E-state index in [0.717, 1.165) is 38.8 Å². The quantitative estimate of drug-likeness (QED) is 0.227. The highest BCUT2D eigenvalue weighted by Crippen LogP contribution is 2.32. The molecule has 0 aliphatic carbocycles. The number of fused-ring (bicyclic) bond motifs is 1. The Morgan fingerprint density at radius 3 is 2.66 bits per heavy atom. The fourth-order valence-electron chi connectivity index (χ4n) is 2.63. The van der Waals surface area contributed by atoms with Gasteiger partial charge in [-0.05, 0) is 50.2 Å². The molecule has 4 aromatic rings. The van der Waals surface area contributed by atoms with E-state index in [0.29, 0.717) is 10.9 Å². The third-order valence-corrected chi connectivity index (χ3v) is 5.15. The number of hydrogen-bond acceptors (Lipinski definition) is 8. The van der Waals surface area contributed by atoms with E-state index in [4.69, 9.17) is 9.15 Å². The van der Waals surface area contributed by atoms with Crippen LogP contribution in [0.2, 0.25) is 0 Å². The Morgan fingerprint density at radius 1 is 1.10 bits per heavy atom. The van der Waals surface area contributed by atoms with Gasteiger partial charge in [-0.2, -0.15) is 5.10 Å². The van der Waals surface area contributed by atoms with Crippen molar-refractivity contribution in [2.75, 3.05) is 12.5 Å². The highest BCUT2D eigenvalue weighted by Gasteiger charge is 2.09. The molecule has 2 aromatic heterocycles. The number of benzene rings is 2. The lowest BCUT2D eigenvalue weighted by Crippen LogP contribution is -1.97. The Balaban J connectivity index is 1.47. The molecule has 0 unspecified atom stereocenters. The molecule has 0 atom stereocenters. The Labute approximate surface area is 171 Å². The summed E-state index contributed by atoms with van der Waals surface area (Å²) in [5.41, 5.74) is 6.07. The summed E-state index contributed by atoms with van der Waals surface area (Å²) in [5, 5.41) is 15.3. The Kier molecular flexibility index (Phi) is 5.35. The zero-order chi connectivity index (χ0) is 20.2. The first-order valence-corrected chi connectivity index (χ1v) is 9.76. The van der Waals surface area contributed by atoms with Crippen LogP contribution in [0.3, 0.4) is 0 Å².